The van der Waals surface area contributed by atoms with Gasteiger partial charge in [0, 0.05) is 5.02 Å². The van der Waals surface area contributed by atoms with Crippen molar-refractivity contribution in [1.82, 2.24) is 4.98 Å². The Morgan fingerprint density at radius 2 is 1.80 bits per heavy atom. The van der Waals surface area contributed by atoms with Crippen LogP contribution in [0.4, 0.5) is 5.69 Å². The molecule has 1 heterocycles. The summed E-state index contributed by atoms with van der Waals surface area (Å²) in [6.45, 7) is 3.59. The zero-order chi connectivity index (χ0) is 18.6. The van der Waals surface area contributed by atoms with E-state index in [0.29, 0.717) is 10.7 Å². The second kappa shape index (κ2) is 7.53. The van der Waals surface area contributed by atoms with Gasteiger partial charge < -0.3 is 14.8 Å². The van der Waals surface area contributed by atoms with Gasteiger partial charge in [-0.3, -0.25) is 4.79 Å². The van der Waals surface area contributed by atoms with E-state index in [1.54, 1.807) is 38.1 Å². The lowest BCUT2D eigenvalue weighted by molar-refractivity contribution is -0.120. The number of amides is 1. The van der Waals surface area contributed by atoms with Crippen LogP contribution in [0, 0.1) is 0 Å². The van der Waals surface area contributed by atoms with E-state index in [2.05, 4.69) is 10.3 Å². The number of carbonyl (C=O) groups excluding carboxylic acids is 2. The number of aromatic nitrogens is 1. The van der Waals surface area contributed by atoms with E-state index in [-0.39, 0.29) is 17.4 Å². The Morgan fingerprint density at radius 3 is 2.36 bits per heavy atom. The van der Waals surface area contributed by atoms with E-state index in [1.165, 1.54) is 26.5 Å². The first-order valence-electron chi connectivity index (χ1n) is 7.49. The number of benzene rings is 1. The minimum Gasteiger partial charge on any atom is -0.480 e. The molecule has 7 heteroatoms. The summed E-state index contributed by atoms with van der Waals surface area (Å²) < 4.78 is 9.74. The number of hydrogen-bond acceptors (Lipinski definition) is 5. The van der Waals surface area contributed by atoms with E-state index in [9.17, 15) is 9.59 Å². The molecule has 0 aliphatic carbocycles. The number of pyridine rings is 1. The Morgan fingerprint density at radius 1 is 1.16 bits per heavy atom. The molecule has 0 atom stereocenters. The summed E-state index contributed by atoms with van der Waals surface area (Å²) in [6.07, 6.45) is 1.42. The fourth-order valence-corrected chi connectivity index (χ4v) is 2.35. The molecule has 2 rings (SSSR count). The number of anilines is 1. The van der Waals surface area contributed by atoms with Gasteiger partial charge >= 0.3 is 5.97 Å². The van der Waals surface area contributed by atoms with Crippen LogP contribution in [0.2, 0.25) is 5.02 Å². The Labute approximate surface area is 151 Å². The van der Waals surface area contributed by atoms with Crippen molar-refractivity contribution in [3.8, 4) is 5.88 Å². The second-order valence-electron chi connectivity index (χ2n) is 5.86. The zero-order valence-corrected chi connectivity index (χ0v) is 15.2. The average Bonchev–Trinajstić information content (AvgIpc) is 2.61. The van der Waals surface area contributed by atoms with Crippen LogP contribution in [0.1, 0.15) is 29.8 Å². The third-order valence-corrected chi connectivity index (χ3v) is 4.09. The van der Waals surface area contributed by atoms with E-state index >= 15 is 0 Å². The molecule has 0 fully saturated rings. The molecule has 0 unspecified atom stereocenters. The van der Waals surface area contributed by atoms with Crippen molar-refractivity contribution < 1.29 is 19.1 Å². The molecule has 132 valence electrons. The summed E-state index contributed by atoms with van der Waals surface area (Å²) in [5.74, 6) is -0.725. The number of esters is 1. The van der Waals surface area contributed by atoms with Crippen LogP contribution in [-0.2, 0) is 14.9 Å². The van der Waals surface area contributed by atoms with Gasteiger partial charge in [-0.05, 0) is 37.6 Å². The number of rotatable bonds is 5. The standard InChI is InChI=1S/C18H19ClN2O4/c1-18(2,11-5-7-12(19)8-6-11)17(23)21-13-9-14(16(22)25-4)15(24-3)20-10-13/h5-10H,1-4H3,(H,21,23). The highest BCUT2D eigenvalue weighted by Gasteiger charge is 2.30. The molecule has 0 aliphatic heterocycles. The Bertz CT molecular complexity index is 788. The van der Waals surface area contributed by atoms with Crippen LogP contribution in [-0.4, -0.2) is 31.1 Å². The van der Waals surface area contributed by atoms with Gasteiger partial charge in [-0.1, -0.05) is 23.7 Å². The molecule has 0 saturated heterocycles. The Balaban J connectivity index is 2.27. The number of methoxy groups -OCH3 is 2. The van der Waals surface area contributed by atoms with Crippen molar-refractivity contribution in [1.29, 1.82) is 0 Å². The summed E-state index contributed by atoms with van der Waals surface area (Å²) in [6, 6.07) is 8.53. The molecule has 1 aromatic carbocycles. The lowest BCUT2D eigenvalue weighted by Gasteiger charge is -2.24. The average molecular weight is 363 g/mol. The van der Waals surface area contributed by atoms with Crippen molar-refractivity contribution in [3.05, 3.63) is 52.7 Å². The number of ether oxygens (including phenoxy) is 2. The number of hydrogen-bond donors (Lipinski definition) is 1. The van der Waals surface area contributed by atoms with Gasteiger partial charge in [0.05, 0.1) is 31.5 Å². The lowest BCUT2D eigenvalue weighted by Crippen LogP contribution is -2.34. The van der Waals surface area contributed by atoms with Gasteiger partial charge in [0.15, 0.2) is 0 Å². The molecule has 1 N–H and O–H groups in total. The maximum Gasteiger partial charge on any atom is 0.343 e. The van der Waals surface area contributed by atoms with Crippen molar-refractivity contribution in [2.45, 2.75) is 19.3 Å². The summed E-state index contributed by atoms with van der Waals surface area (Å²) in [7, 11) is 2.66. The molecule has 0 spiro atoms. The third-order valence-electron chi connectivity index (χ3n) is 3.84. The van der Waals surface area contributed by atoms with Crippen molar-refractivity contribution >= 4 is 29.2 Å². The molecule has 2 aromatic rings. The first-order valence-corrected chi connectivity index (χ1v) is 7.87. The van der Waals surface area contributed by atoms with Crippen molar-refractivity contribution in [3.63, 3.8) is 0 Å². The molecule has 1 aromatic heterocycles. The van der Waals surface area contributed by atoms with Crippen molar-refractivity contribution in [2.75, 3.05) is 19.5 Å². The monoisotopic (exact) mass is 362 g/mol. The highest BCUT2D eigenvalue weighted by atomic mass is 35.5. The van der Waals surface area contributed by atoms with Crippen LogP contribution in [0.5, 0.6) is 5.88 Å². The van der Waals surface area contributed by atoms with Crippen LogP contribution in [0.15, 0.2) is 36.5 Å². The molecule has 25 heavy (non-hydrogen) atoms. The Hall–Kier alpha value is -2.60. The van der Waals surface area contributed by atoms with Crippen LogP contribution < -0.4 is 10.1 Å². The zero-order valence-electron chi connectivity index (χ0n) is 14.4. The van der Waals surface area contributed by atoms with E-state index in [0.717, 1.165) is 5.56 Å². The topological polar surface area (TPSA) is 77.5 Å². The lowest BCUT2D eigenvalue weighted by atomic mass is 9.83. The quantitative estimate of drug-likeness (QED) is 0.824. The smallest absolute Gasteiger partial charge is 0.343 e. The molecule has 1 amide bonds. The molecular formula is C18H19ClN2O4. The van der Waals surface area contributed by atoms with Gasteiger partial charge in [0.1, 0.15) is 5.56 Å². The first-order chi connectivity index (χ1) is 11.8. The van der Waals surface area contributed by atoms with E-state index in [1.807, 2.05) is 0 Å². The normalized spacial score (nSPS) is 10.9. The third kappa shape index (κ3) is 4.09. The minimum absolute atomic E-state index is 0.127. The molecule has 0 bridgehead atoms. The van der Waals surface area contributed by atoms with Crippen LogP contribution in [0.25, 0.3) is 0 Å². The predicted octanol–water partition coefficient (Wildman–Crippen LogP) is 3.45. The predicted molar refractivity (Wildman–Crippen MR) is 95.2 cm³/mol. The fourth-order valence-electron chi connectivity index (χ4n) is 2.22. The number of halogens is 1. The van der Waals surface area contributed by atoms with Gasteiger partial charge in [0.2, 0.25) is 11.8 Å². The highest BCUT2D eigenvalue weighted by molar-refractivity contribution is 6.30. The van der Waals surface area contributed by atoms with E-state index < -0.39 is 11.4 Å². The summed E-state index contributed by atoms with van der Waals surface area (Å²) in [5.41, 5.74) is 0.500. The summed E-state index contributed by atoms with van der Waals surface area (Å²) >= 11 is 5.90. The van der Waals surface area contributed by atoms with E-state index in [4.69, 9.17) is 21.1 Å². The highest BCUT2D eigenvalue weighted by Crippen LogP contribution is 2.27. The van der Waals surface area contributed by atoms with Gasteiger partial charge in [0.25, 0.3) is 0 Å². The second-order valence-corrected chi connectivity index (χ2v) is 6.29. The largest absolute Gasteiger partial charge is 0.480 e. The fraction of sp³-hybridized carbons (Fsp3) is 0.278. The van der Waals surface area contributed by atoms with Gasteiger partial charge in [-0.2, -0.15) is 0 Å². The Kier molecular flexibility index (Phi) is 5.64. The SMILES string of the molecule is COC(=O)c1cc(NC(=O)C(C)(C)c2ccc(Cl)cc2)cnc1OC. The minimum atomic E-state index is -0.810. The molecule has 0 saturated carbocycles. The number of nitrogens with zero attached hydrogens (tertiary/aromatic N) is 1. The van der Waals surface area contributed by atoms with Gasteiger partial charge in [-0.25, -0.2) is 9.78 Å². The molecule has 0 aliphatic rings. The maximum atomic E-state index is 12.7. The number of nitrogens with one attached hydrogen (secondary N) is 1. The van der Waals surface area contributed by atoms with Crippen LogP contribution >= 0.6 is 11.6 Å². The molecule has 6 nitrogen and oxygen atoms in total. The summed E-state index contributed by atoms with van der Waals surface area (Å²) in [5, 5.41) is 3.37. The maximum absolute atomic E-state index is 12.7. The summed E-state index contributed by atoms with van der Waals surface area (Å²) in [4.78, 5) is 28.5. The molecule has 0 radical (unpaired) electrons. The van der Waals surface area contributed by atoms with Gasteiger partial charge in [-0.15, -0.1) is 0 Å². The molecular weight excluding hydrogens is 344 g/mol. The van der Waals surface area contributed by atoms with Crippen LogP contribution in [0.3, 0.4) is 0 Å². The van der Waals surface area contributed by atoms with Crippen molar-refractivity contribution in [2.24, 2.45) is 0 Å². The first kappa shape index (κ1) is 18.7. The number of carbonyl (C=O) groups is 2.